The summed E-state index contributed by atoms with van der Waals surface area (Å²) in [5, 5.41) is 0.230. The van der Waals surface area contributed by atoms with Crippen molar-refractivity contribution < 1.29 is 17.9 Å². The summed E-state index contributed by atoms with van der Waals surface area (Å²) in [4.78, 5) is -0.167. The molecular formula is C7H4Cl2O4S. The van der Waals surface area contributed by atoms with Crippen LogP contribution in [0.25, 0.3) is 0 Å². The summed E-state index contributed by atoms with van der Waals surface area (Å²) < 4.78 is 32.2. The highest BCUT2D eigenvalue weighted by atomic mass is 35.7. The molecule has 0 atom stereocenters. The Hall–Kier alpha value is -0.650. The number of fused-ring (bicyclic) bond motifs is 1. The van der Waals surface area contributed by atoms with Crippen molar-refractivity contribution in [3.63, 3.8) is 0 Å². The van der Waals surface area contributed by atoms with Crippen LogP contribution in [0.15, 0.2) is 17.0 Å². The zero-order chi connectivity index (χ0) is 10.3. The summed E-state index contributed by atoms with van der Waals surface area (Å²) >= 11 is 5.68. The monoisotopic (exact) mass is 254 g/mol. The molecule has 0 unspecified atom stereocenters. The van der Waals surface area contributed by atoms with Crippen molar-refractivity contribution in [3.8, 4) is 11.5 Å². The van der Waals surface area contributed by atoms with Crippen LogP contribution >= 0.6 is 22.3 Å². The van der Waals surface area contributed by atoms with Gasteiger partial charge < -0.3 is 9.47 Å². The van der Waals surface area contributed by atoms with E-state index in [-0.39, 0.29) is 28.2 Å². The average molecular weight is 255 g/mol. The van der Waals surface area contributed by atoms with Crippen LogP contribution in [0, 0.1) is 0 Å². The molecule has 1 aromatic rings. The summed E-state index contributed by atoms with van der Waals surface area (Å²) in [6.45, 7) is -0.0327. The summed E-state index contributed by atoms with van der Waals surface area (Å²) in [5.74, 6) is 0.404. The highest BCUT2D eigenvalue weighted by Crippen LogP contribution is 2.41. The molecule has 0 spiro atoms. The lowest BCUT2D eigenvalue weighted by Gasteiger charge is -2.02. The molecule has 2 rings (SSSR count). The van der Waals surface area contributed by atoms with E-state index in [2.05, 4.69) is 0 Å². The van der Waals surface area contributed by atoms with Crippen LogP contribution in [0.4, 0.5) is 0 Å². The SMILES string of the molecule is O=S(=O)(Cl)c1cc(Cl)cc2c1OCO2. The van der Waals surface area contributed by atoms with E-state index in [0.29, 0.717) is 0 Å². The molecule has 0 fully saturated rings. The highest BCUT2D eigenvalue weighted by Gasteiger charge is 2.26. The van der Waals surface area contributed by atoms with Gasteiger partial charge in [0.1, 0.15) is 4.90 Å². The molecule has 0 aromatic heterocycles. The van der Waals surface area contributed by atoms with Crippen molar-refractivity contribution in [2.75, 3.05) is 6.79 Å². The number of halogens is 2. The molecule has 0 saturated heterocycles. The second kappa shape index (κ2) is 3.18. The molecule has 0 saturated carbocycles. The van der Waals surface area contributed by atoms with Crippen LogP contribution in [0.1, 0.15) is 0 Å². The summed E-state index contributed by atoms with van der Waals surface area (Å²) in [5.41, 5.74) is 0. The summed E-state index contributed by atoms with van der Waals surface area (Å²) in [6.07, 6.45) is 0. The fourth-order valence-corrected chi connectivity index (χ4v) is 2.39. The van der Waals surface area contributed by atoms with Gasteiger partial charge in [-0.2, -0.15) is 0 Å². The Balaban J connectivity index is 2.72. The third-order valence-electron chi connectivity index (χ3n) is 1.67. The molecule has 1 aromatic carbocycles. The first kappa shape index (κ1) is 9.89. The molecule has 1 heterocycles. The molecule has 0 bridgehead atoms. The van der Waals surface area contributed by atoms with Gasteiger partial charge >= 0.3 is 0 Å². The molecule has 7 heteroatoms. The van der Waals surface area contributed by atoms with Crippen LogP contribution in [0.3, 0.4) is 0 Å². The number of rotatable bonds is 1. The Morgan fingerprint density at radius 1 is 1.29 bits per heavy atom. The van der Waals surface area contributed by atoms with Crippen molar-refractivity contribution in [2.45, 2.75) is 4.90 Å². The predicted molar refractivity (Wildman–Crippen MR) is 50.6 cm³/mol. The number of benzene rings is 1. The van der Waals surface area contributed by atoms with E-state index in [4.69, 9.17) is 31.8 Å². The minimum absolute atomic E-state index is 0.0327. The lowest BCUT2D eigenvalue weighted by atomic mass is 10.3. The maximum Gasteiger partial charge on any atom is 0.265 e. The van der Waals surface area contributed by atoms with Crippen molar-refractivity contribution in [3.05, 3.63) is 17.2 Å². The van der Waals surface area contributed by atoms with Crippen LogP contribution in [-0.2, 0) is 9.05 Å². The van der Waals surface area contributed by atoms with E-state index in [9.17, 15) is 8.42 Å². The van der Waals surface area contributed by atoms with Gasteiger partial charge in [-0.05, 0) is 6.07 Å². The van der Waals surface area contributed by atoms with E-state index in [1.54, 1.807) is 0 Å². The Morgan fingerprint density at radius 3 is 2.64 bits per heavy atom. The first-order valence-electron chi connectivity index (χ1n) is 3.52. The molecule has 76 valence electrons. The van der Waals surface area contributed by atoms with Gasteiger partial charge in [-0.25, -0.2) is 8.42 Å². The fourth-order valence-electron chi connectivity index (χ4n) is 1.13. The van der Waals surface area contributed by atoms with Crippen molar-refractivity contribution in [1.29, 1.82) is 0 Å². The lowest BCUT2D eigenvalue weighted by Crippen LogP contribution is -1.96. The van der Waals surface area contributed by atoms with Gasteiger partial charge in [-0.1, -0.05) is 11.6 Å². The second-order valence-corrected chi connectivity index (χ2v) is 5.55. The number of hydrogen-bond acceptors (Lipinski definition) is 4. The zero-order valence-corrected chi connectivity index (χ0v) is 8.99. The maximum atomic E-state index is 11.1. The van der Waals surface area contributed by atoms with Crippen molar-refractivity contribution in [2.24, 2.45) is 0 Å². The van der Waals surface area contributed by atoms with Crippen LogP contribution < -0.4 is 9.47 Å². The van der Waals surface area contributed by atoms with E-state index < -0.39 is 9.05 Å². The van der Waals surface area contributed by atoms with E-state index in [1.807, 2.05) is 0 Å². The topological polar surface area (TPSA) is 52.6 Å². The van der Waals surface area contributed by atoms with Gasteiger partial charge in [0.05, 0.1) is 0 Å². The largest absolute Gasteiger partial charge is 0.453 e. The van der Waals surface area contributed by atoms with Crippen LogP contribution in [0.2, 0.25) is 5.02 Å². The van der Waals surface area contributed by atoms with Gasteiger partial charge in [0.2, 0.25) is 6.79 Å². The third kappa shape index (κ3) is 1.63. The molecule has 1 aliphatic rings. The molecule has 1 aliphatic heterocycles. The average Bonchev–Trinajstić information content (AvgIpc) is 2.47. The zero-order valence-electron chi connectivity index (χ0n) is 6.66. The van der Waals surface area contributed by atoms with Gasteiger partial charge in [-0.15, -0.1) is 0 Å². The Morgan fingerprint density at radius 2 is 2.00 bits per heavy atom. The molecular weight excluding hydrogens is 251 g/mol. The predicted octanol–water partition coefficient (Wildman–Crippen LogP) is 2.00. The smallest absolute Gasteiger partial charge is 0.265 e. The number of hydrogen-bond donors (Lipinski definition) is 0. The number of ether oxygens (including phenoxy) is 2. The quantitative estimate of drug-likeness (QED) is 0.720. The van der Waals surface area contributed by atoms with Gasteiger partial charge in [0.25, 0.3) is 9.05 Å². The van der Waals surface area contributed by atoms with Gasteiger partial charge in [0, 0.05) is 21.8 Å². The highest BCUT2D eigenvalue weighted by molar-refractivity contribution is 8.13. The molecule has 0 aliphatic carbocycles. The maximum absolute atomic E-state index is 11.1. The summed E-state index contributed by atoms with van der Waals surface area (Å²) in [6, 6.07) is 2.69. The van der Waals surface area contributed by atoms with Crippen LogP contribution in [0.5, 0.6) is 11.5 Å². The third-order valence-corrected chi connectivity index (χ3v) is 3.21. The minimum Gasteiger partial charge on any atom is -0.453 e. The minimum atomic E-state index is -3.87. The van der Waals surface area contributed by atoms with Crippen molar-refractivity contribution >= 4 is 31.3 Å². The van der Waals surface area contributed by atoms with Crippen molar-refractivity contribution in [1.82, 2.24) is 0 Å². The van der Waals surface area contributed by atoms with E-state index in [0.717, 1.165) is 0 Å². The molecule has 0 N–H and O–H groups in total. The first-order valence-corrected chi connectivity index (χ1v) is 6.21. The van der Waals surface area contributed by atoms with Gasteiger partial charge in [0.15, 0.2) is 11.5 Å². The van der Waals surface area contributed by atoms with Gasteiger partial charge in [-0.3, -0.25) is 0 Å². The Kier molecular flexibility index (Phi) is 2.25. The second-order valence-electron chi connectivity index (χ2n) is 2.58. The molecule has 0 radical (unpaired) electrons. The normalized spacial score (nSPS) is 14.4. The van der Waals surface area contributed by atoms with Crippen LogP contribution in [-0.4, -0.2) is 15.2 Å². The Bertz CT molecular complexity index is 483. The molecule has 14 heavy (non-hydrogen) atoms. The van der Waals surface area contributed by atoms with E-state index in [1.165, 1.54) is 12.1 Å². The summed E-state index contributed by atoms with van der Waals surface area (Å²) in [7, 11) is 1.32. The first-order chi connectivity index (χ1) is 6.48. The standard InChI is InChI=1S/C7H4Cl2O4S/c8-4-1-5-7(13-3-12-5)6(2-4)14(9,10)11/h1-2H,3H2. The molecule has 0 amide bonds. The lowest BCUT2D eigenvalue weighted by molar-refractivity contribution is 0.172. The van der Waals surface area contributed by atoms with E-state index >= 15 is 0 Å². The fraction of sp³-hybridized carbons (Fsp3) is 0.143. The molecule has 4 nitrogen and oxygen atoms in total. The Labute approximate surface area is 89.8 Å².